The molecule has 1 aliphatic heterocycles. The van der Waals surface area contributed by atoms with Crippen LogP contribution in [0.15, 0.2) is 229 Å². The van der Waals surface area contributed by atoms with Crippen LogP contribution in [-0.4, -0.2) is 14.5 Å². The van der Waals surface area contributed by atoms with Gasteiger partial charge in [-0.25, -0.2) is 0 Å². The van der Waals surface area contributed by atoms with Crippen LogP contribution in [0.1, 0.15) is 44.5 Å². The zero-order chi connectivity index (χ0) is 47.1. The van der Waals surface area contributed by atoms with Gasteiger partial charge < -0.3 is 13.7 Å². The molecule has 5 heteroatoms. The summed E-state index contributed by atoms with van der Waals surface area (Å²) in [5.74, 6) is 1.68. The Labute approximate surface area is 414 Å². The van der Waals surface area contributed by atoms with Crippen molar-refractivity contribution in [2.24, 2.45) is 0 Å². The normalized spacial score (nSPS) is 15.0. The van der Waals surface area contributed by atoms with E-state index in [0.29, 0.717) is 0 Å². The van der Waals surface area contributed by atoms with Crippen molar-refractivity contribution in [1.29, 1.82) is 0 Å². The summed E-state index contributed by atoms with van der Waals surface area (Å²) in [6.45, 7) is 0. The molecule has 1 atom stereocenters. The van der Waals surface area contributed by atoms with Crippen LogP contribution in [0.3, 0.4) is 0 Å². The van der Waals surface area contributed by atoms with Crippen molar-refractivity contribution in [2.75, 3.05) is 0 Å². The minimum absolute atomic E-state index is 0.740. The summed E-state index contributed by atoms with van der Waals surface area (Å²) >= 11 is 0. The SMILES string of the molecule is c1ccc(-n2c3cc(-c4cnc5c(c4)C4(c6ccccc6Oc6cc7c(cc64)-c4ccccc4Cc4ccccc4-c4ccccc4C7)c4cccnc4-5)ccc3c3ccc4c5ccccc5oc4c32)cc1. The summed E-state index contributed by atoms with van der Waals surface area (Å²) in [5, 5.41) is 4.52. The Hall–Kier alpha value is -9.32. The largest absolute Gasteiger partial charge is 0.457 e. The van der Waals surface area contributed by atoms with Crippen molar-refractivity contribution < 1.29 is 9.15 Å². The summed E-state index contributed by atoms with van der Waals surface area (Å²) in [5.41, 5.74) is 22.5. The fourth-order valence-corrected chi connectivity index (χ4v) is 12.8. The molecule has 2 aliphatic carbocycles. The molecular formula is C67H41N3O2. The highest BCUT2D eigenvalue weighted by Crippen LogP contribution is 2.62. The van der Waals surface area contributed by atoms with Crippen molar-refractivity contribution in [1.82, 2.24) is 14.5 Å². The Morgan fingerprint density at radius 3 is 1.89 bits per heavy atom. The maximum Gasteiger partial charge on any atom is 0.160 e. The number of pyridine rings is 2. The van der Waals surface area contributed by atoms with Gasteiger partial charge in [-0.1, -0.05) is 152 Å². The van der Waals surface area contributed by atoms with E-state index >= 15 is 0 Å². The number of furan rings is 1. The van der Waals surface area contributed by atoms with Crippen LogP contribution in [0.25, 0.3) is 94.2 Å². The van der Waals surface area contributed by atoms with Gasteiger partial charge in [0.15, 0.2) is 5.58 Å². The number of hydrogen-bond acceptors (Lipinski definition) is 4. The number of para-hydroxylation sites is 3. The molecule has 0 saturated heterocycles. The van der Waals surface area contributed by atoms with Gasteiger partial charge in [-0.2, -0.15) is 0 Å². The average molecular weight is 920 g/mol. The molecule has 0 amide bonds. The van der Waals surface area contributed by atoms with E-state index in [0.717, 1.165) is 119 Å². The van der Waals surface area contributed by atoms with Crippen molar-refractivity contribution in [3.63, 3.8) is 0 Å². The highest BCUT2D eigenvalue weighted by atomic mass is 16.5. The fraction of sp³-hybridized carbons (Fsp3) is 0.0448. The molecule has 5 heterocycles. The van der Waals surface area contributed by atoms with Crippen LogP contribution >= 0.6 is 0 Å². The van der Waals surface area contributed by atoms with Gasteiger partial charge in [-0.3, -0.25) is 9.97 Å². The second-order valence-corrected chi connectivity index (χ2v) is 19.5. The molecule has 5 nitrogen and oxygen atoms in total. The zero-order valence-corrected chi connectivity index (χ0v) is 38.9. The molecule has 13 aromatic rings. The first-order valence-electron chi connectivity index (χ1n) is 24.8. The van der Waals surface area contributed by atoms with E-state index in [9.17, 15) is 0 Å². The maximum absolute atomic E-state index is 7.17. The topological polar surface area (TPSA) is 53.1 Å². The van der Waals surface area contributed by atoms with Crippen LogP contribution in [0.4, 0.5) is 0 Å². The number of rotatable bonds is 2. The van der Waals surface area contributed by atoms with Crippen LogP contribution in [-0.2, 0) is 18.3 Å². The average Bonchev–Trinajstić information content (AvgIpc) is 4.08. The fourth-order valence-electron chi connectivity index (χ4n) is 12.8. The van der Waals surface area contributed by atoms with E-state index in [-0.39, 0.29) is 0 Å². The van der Waals surface area contributed by atoms with Crippen molar-refractivity contribution >= 4 is 43.7 Å². The smallest absolute Gasteiger partial charge is 0.160 e. The number of aromatic nitrogens is 3. The molecule has 72 heavy (non-hydrogen) atoms. The summed E-state index contributed by atoms with van der Waals surface area (Å²) in [6, 6.07) is 77.2. The molecule has 0 N–H and O–H groups in total. The molecular weight excluding hydrogens is 879 g/mol. The Morgan fingerprint density at radius 2 is 1.07 bits per heavy atom. The van der Waals surface area contributed by atoms with E-state index in [1.807, 2.05) is 18.5 Å². The number of fused-ring (bicyclic) bond motifs is 22. The zero-order valence-electron chi connectivity index (χ0n) is 38.9. The van der Waals surface area contributed by atoms with Crippen molar-refractivity contribution in [3.05, 3.63) is 269 Å². The predicted molar refractivity (Wildman–Crippen MR) is 289 cm³/mol. The second kappa shape index (κ2) is 14.8. The van der Waals surface area contributed by atoms with Gasteiger partial charge in [0.05, 0.1) is 27.8 Å². The first-order valence-corrected chi connectivity index (χ1v) is 24.8. The van der Waals surface area contributed by atoms with Crippen LogP contribution < -0.4 is 4.74 Å². The minimum atomic E-state index is -0.800. The second-order valence-electron chi connectivity index (χ2n) is 19.5. The van der Waals surface area contributed by atoms with Gasteiger partial charge in [0.1, 0.15) is 17.1 Å². The van der Waals surface area contributed by atoms with E-state index in [1.165, 1.54) is 44.5 Å². The van der Waals surface area contributed by atoms with Crippen LogP contribution in [0, 0.1) is 0 Å². The lowest BCUT2D eigenvalue weighted by molar-refractivity contribution is 0.436. The molecule has 1 spiro atoms. The van der Waals surface area contributed by atoms with Crippen LogP contribution in [0.2, 0.25) is 0 Å². The highest BCUT2D eigenvalue weighted by Gasteiger charge is 2.53. The lowest BCUT2D eigenvalue weighted by Gasteiger charge is -2.40. The predicted octanol–water partition coefficient (Wildman–Crippen LogP) is 16.4. The molecule has 9 aromatic carbocycles. The van der Waals surface area contributed by atoms with E-state index < -0.39 is 5.41 Å². The summed E-state index contributed by atoms with van der Waals surface area (Å²) in [7, 11) is 0. The summed E-state index contributed by atoms with van der Waals surface area (Å²) < 4.78 is 16.3. The van der Waals surface area contributed by atoms with Gasteiger partial charge >= 0.3 is 0 Å². The number of hydrogen-bond donors (Lipinski definition) is 0. The molecule has 1 unspecified atom stereocenters. The number of nitrogens with zero attached hydrogens (tertiary/aromatic N) is 3. The van der Waals surface area contributed by atoms with E-state index in [2.05, 4.69) is 211 Å². The third-order valence-corrected chi connectivity index (χ3v) is 15.9. The van der Waals surface area contributed by atoms with Gasteiger partial charge in [-0.05, 0) is 129 Å². The standard InChI is InChI=1S/C67H41N3O2/c1-2-18-46(19-3-1)70-59-36-40(28-29-50(59)52-30-31-53-51-23-10-12-26-60(51)72-66(53)65(52)70)45-35-58-64(69-39-45)63-56(25-14-32-68-63)67(58)55-24-11-13-27-61(55)71-62-37-44-34-43-17-5-8-21-48(43)47-20-7-4-15-41(47)33-42-16-6-9-22-49(42)54(44)38-57(62)67/h1-32,35-39H,33-34H2. The van der Waals surface area contributed by atoms with Gasteiger partial charge in [0.25, 0.3) is 0 Å². The summed E-state index contributed by atoms with van der Waals surface area (Å²) in [6.07, 6.45) is 5.48. The summed E-state index contributed by atoms with van der Waals surface area (Å²) in [4.78, 5) is 10.6. The Balaban J connectivity index is 0.951. The van der Waals surface area contributed by atoms with Gasteiger partial charge in [0.2, 0.25) is 0 Å². The molecule has 16 rings (SSSR count). The minimum Gasteiger partial charge on any atom is -0.457 e. The monoisotopic (exact) mass is 919 g/mol. The molecule has 336 valence electrons. The third-order valence-electron chi connectivity index (χ3n) is 15.9. The van der Waals surface area contributed by atoms with E-state index in [1.54, 1.807) is 0 Å². The van der Waals surface area contributed by atoms with Crippen molar-refractivity contribution in [3.8, 4) is 62.0 Å². The molecule has 0 saturated carbocycles. The molecule has 3 aliphatic rings. The Morgan fingerprint density at radius 1 is 0.417 bits per heavy atom. The quantitative estimate of drug-likeness (QED) is 0.173. The first kappa shape index (κ1) is 39.5. The lowest BCUT2D eigenvalue weighted by Crippen LogP contribution is -2.32. The Kier molecular flexibility index (Phi) is 8.15. The van der Waals surface area contributed by atoms with Gasteiger partial charge in [-0.15, -0.1) is 0 Å². The lowest BCUT2D eigenvalue weighted by atomic mass is 9.65. The third kappa shape index (κ3) is 5.42. The molecule has 0 bridgehead atoms. The molecule has 4 aromatic heterocycles. The Bertz CT molecular complexity index is 4450. The number of ether oxygens (including phenoxy) is 1. The molecule has 0 fully saturated rings. The first-order chi connectivity index (χ1) is 35.7. The van der Waals surface area contributed by atoms with Gasteiger partial charge in [0, 0.05) is 61.9 Å². The van der Waals surface area contributed by atoms with Crippen molar-refractivity contribution in [2.45, 2.75) is 18.3 Å². The maximum atomic E-state index is 7.17. The molecule has 0 radical (unpaired) electrons. The van der Waals surface area contributed by atoms with Crippen LogP contribution in [0.5, 0.6) is 11.5 Å². The van der Waals surface area contributed by atoms with E-state index in [4.69, 9.17) is 19.1 Å². The highest BCUT2D eigenvalue weighted by molar-refractivity contribution is 6.21. The number of benzene rings is 9.